The molecule has 1 saturated heterocycles. The van der Waals surface area contributed by atoms with Crippen LogP contribution in [-0.4, -0.2) is 54.3 Å². The third-order valence-electron chi connectivity index (χ3n) is 5.33. The van der Waals surface area contributed by atoms with E-state index in [0.29, 0.717) is 28.6 Å². The molecular weight excluding hydrogens is 408 g/mol. The Morgan fingerprint density at radius 2 is 1.88 bits per heavy atom. The number of rotatable bonds is 5. The number of nitrogens with zero attached hydrogens (tertiary/aromatic N) is 5. The molecule has 0 bridgehead atoms. The number of ether oxygens (including phenoxy) is 2. The van der Waals surface area contributed by atoms with Gasteiger partial charge in [-0.15, -0.1) is 0 Å². The van der Waals surface area contributed by atoms with Crippen LogP contribution in [0.4, 0.5) is 17.2 Å². The fourth-order valence-corrected chi connectivity index (χ4v) is 3.70. The largest absolute Gasteiger partial charge is 0.481 e. The Morgan fingerprint density at radius 3 is 2.66 bits per heavy atom. The first-order chi connectivity index (χ1) is 15.7. The fraction of sp³-hybridized carbons (Fsp3) is 0.217. The molecule has 0 unspecified atom stereocenters. The third kappa shape index (κ3) is 3.97. The number of amides is 1. The summed E-state index contributed by atoms with van der Waals surface area (Å²) >= 11 is 0. The van der Waals surface area contributed by atoms with E-state index in [1.54, 1.807) is 19.3 Å². The van der Waals surface area contributed by atoms with Crippen LogP contribution in [0.5, 0.6) is 5.88 Å². The molecular formula is C23H21N6O3. The van der Waals surface area contributed by atoms with E-state index in [9.17, 15) is 4.79 Å². The summed E-state index contributed by atoms with van der Waals surface area (Å²) in [5, 5.41) is 7.20. The number of hydrogen-bond acceptors (Lipinski definition) is 8. The van der Waals surface area contributed by atoms with Gasteiger partial charge in [0.25, 0.3) is 5.91 Å². The lowest BCUT2D eigenvalue weighted by atomic mass is 10.0. The molecule has 3 aromatic rings. The molecule has 2 aliphatic heterocycles. The van der Waals surface area contributed by atoms with Gasteiger partial charge < -0.3 is 19.7 Å². The lowest BCUT2D eigenvalue weighted by Gasteiger charge is -2.29. The Balaban J connectivity index is 1.49. The molecule has 1 radical (unpaired) electrons. The number of carbonyl (C=O) groups is 1. The fourth-order valence-electron chi connectivity index (χ4n) is 3.70. The SMILES string of the molecule is COc1cc(-c2cc3c(c(Nc4ccc(N5CCOCC5)cc4)n2)C(=O)[N]C=C3)ncn1. The highest BCUT2D eigenvalue weighted by atomic mass is 16.5. The first-order valence-electron chi connectivity index (χ1n) is 10.2. The van der Waals surface area contributed by atoms with Gasteiger partial charge >= 0.3 is 0 Å². The molecule has 1 fully saturated rings. The van der Waals surface area contributed by atoms with E-state index in [1.807, 2.05) is 30.3 Å². The van der Waals surface area contributed by atoms with Gasteiger partial charge in [0.05, 0.1) is 37.3 Å². The molecule has 1 amide bonds. The highest BCUT2D eigenvalue weighted by molar-refractivity contribution is 6.05. The summed E-state index contributed by atoms with van der Waals surface area (Å²) in [5.41, 5.74) is 4.28. The van der Waals surface area contributed by atoms with Gasteiger partial charge in [0.2, 0.25) is 5.88 Å². The summed E-state index contributed by atoms with van der Waals surface area (Å²) in [6.07, 6.45) is 4.70. The molecule has 0 saturated carbocycles. The maximum absolute atomic E-state index is 12.5. The van der Waals surface area contributed by atoms with Crippen molar-refractivity contribution in [1.82, 2.24) is 20.3 Å². The molecule has 32 heavy (non-hydrogen) atoms. The molecule has 161 valence electrons. The number of carbonyl (C=O) groups excluding carboxylic acids is 1. The van der Waals surface area contributed by atoms with Gasteiger partial charge in [-0.3, -0.25) is 4.79 Å². The van der Waals surface area contributed by atoms with Gasteiger partial charge in [0.1, 0.15) is 12.1 Å². The number of pyridine rings is 1. The van der Waals surface area contributed by atoms with E-state index in [-0.39, 0.29) is 5.91 Å². The third-order valence-corrected chi connectivity index (χ3v) is 5.33. The summed E-state index contributed by atoms with van der Waals surface area (Å²) in [6.45, 7) is 3.20. The second-order valence-electron chi connectivity index (χ2n) is 7.29. The van der Waals surface area contributed by atoms with Crippen LogP contribution in [0.15, 0.2) is 48.9 Å². The van der Waals surface area contributed by atoms with Gasteiger partial charge in [0.15, 0.2) is 0 Å². The summed E-state index contributed by atoms with van der Waals surface area (Å²) < 4.78 is 10.6. The zero-order valence-electron chi connectivity index (χ0n) is 17.5. The van der Waals surface area contributed by atoms with Crippen LogP contribution in [0.1, 0.15) is 15.9 Å². The van der Waals surface area contributed by atoms with Crippen LogP contribution >= 0.6 is 0 Å². The Hall–Kier alpha value is -3.98. The number of aromatic nitrogens is 3. The molecule has 0 aliphatic carbocycles. The summed E-state index contributed by atoms with van der Waals surface area (Å²) in [6, 6.07) is 11.6. The van der Waals surface area contributed by atoms with Gasteiger partial charge in [-0.2, -0.15) is 0 Å². The molecule has 1 N–H and O–H groups in total. The molecule has 2 aliphatic rings. The number of anilines is 3. The Kier molecular flexibility index (Phi) is 5.39. The quantitative estimate of drug-likeness (QED) is 0.660. The van der Waals surface area contributed by atoms with Gasteiger partial charge in [-0.05, 0) is 42.0 Å². The lowest BCUT2D eigenvalue weighted by Crippen LogP contribution is -2.36. The summed E-state index contributed by atoms with van der Waals surface area (Å²) in [5.74, 6) is 0.519. The first kappa shape index (κ1) is 20.0. The monoisotopic (exact) mass is 429 g/mol. The minimum Gasteiger partial charge on any atom is -0.481 e. The van der Waals surface area contributed by atoms with Crippen LogP contribution in [-0.2, 0) is 4.74 Å². The van der Waals surface area contributed by atoms with Gasteiger partial charge in [0, 0.05) is 36.7 Å². The van der Waals surface area contributed by atoms with E-state index in [1.165, 1.54) is 12.5 Å². The van der Waals surface area contributed by atoms with Crippen LogP contribution in [0.3, 0.4) is 0 Å². The Labute approximate surface area is 185 Å². The molecule has 4 heterocycles. The van der Waals surface area contributed by atoms with Crippen LogP contribution in [0.25, 0.3) is 17.5 Å². The normalized spacial score (nSPS) is 15.2. The number of morpholine rings is 1. The summed E-state index contributed by atoms with van der Waals surface area (Å²) in [4.78, 5) is 27.9. The minimum absolute atomic E-state index is 0.339. The maximum atomic E-state index is 12.5. The van der Waals surface area contributed by atoms with Gasteiger partial charge in [-0.25, -0.2) is 20.3 Å². The van der Waals surface area contributed by atoms with E-state index in [0.717, 1.165) is 43.2 Å². The molecule has 5 rings (SSSR count). The van der Waals surface area contributed by atoms with Crippen molar-refractivity contribution >= 4 is 29.2 Å². The predicted octanol–water partition coefficient (Wildman–Crippen LogP) is 2.86. The smallest absolute Gasteiger partial charge is 0.281 e. The molecule has 1 aromatic carbocycles. The number of methoxy groups -OCH3 is 1. The molecule has 9 nitrogen and oxygen atoms in total. The first-order valence-corrected chi connectivity index (χ1v) is 10.2. The number of benzene rings is 1. The highest BCUT2D eigenvalue weighted by Crippen LogP contribution is 2.31. The second kappa shape index (κ2) is 8.64. The molecule has 0 spiro atoms. The Bertz CT molecular complexity index is 1170. The molecule has 0 atom stereocenters. The average Bonchev–Trinajstić information content (AvgIpc) is 2.85. The van der Waals surface area contributed by atoms with Crippen molar-refractivity contribution < 1.29 is 14.3 Å². The van der Waals surface area contributed by atoms with Crippen molar-refractivity contribution in [2.24, 2.45) is 0 Å². The Morgan fingerprint density at radius 1 is 1.06 bits per heavy atom. The van der Waals surface area contributed by atoms with Crippen molar-refractivity contribution in [3.8, 4) is 17.3 Å². The molecule has 2 aromatic heterocycles. The van der Waals surface area contributed by atoms with Crippen molar-refractivity contribution in [3.63, 3.8) is 0 Å². The van der Waals surface area contributed by atoms with E-state index >= 15 is 0 Å². The van der Waals surface area contributed by atoms with Crippen LogP contribution in [0, 0.1) is 0 Å². The van der Waals surface area contributed by atoms with Crippen molar-refractivity contribution in [1.29, 1.82) is 0 Å². The number of nitrogens with one attached hydrogen (secondary N) is 1. The minimum atomic E-state index is -0.339. The van der Waals surface area contributed by atoms with Gasteiger partial charge in [-0.1, -0.05) is 0 Å². The topological polar surface area (TPSA) is 104 Å². The zero-order valence-corrected chi connectivity index (χ0v) is 17.5. The predicted molar refractivity (Wildman–Crippen MR) is 120 cm³/mol. The summed E-state index contributed by atoms with van der Waals surface area (Å²) in [7, 11) is 1.54. The van der Waals surface area contributed by atoms with Crippen molar-refractivity contribution in [3.05, 3.63) is 60.1 Å². The standard InChI is InChI=1S/C23H21N6O3/c1-31-20-13-18(25-14-26-20)19-12-15-6-7-24-23(30)21(15)22(28-19)27-16-2-4-17(5-3-16)29-8-10-32-11-9-29/h2-7,12-14H,8-11H2,1H3,(H,27,28). The molecule has 9 heteroatoms. The highest BCUT2D eigenvalue weighted by Gasteiger charge is 2.23. The van der Waals surface area contributed by atoms with E-state index in [2.05, 4.69) is 25.5 Å². The maximum Gasteiger partial charge on any atom is 0.281 e. The zero-order chi connectivity index (χ0) is 21.9. The number of fused-ring (bicyclic) bond motifs is 1. The van der Waals surface area contributed by atoms with Crippen LogP contribution in [0.2, 0.25) is 0 Å². The second-order valence-corrected chi connectivity index (χ2v) is 7.29. The van der Waals surface area contributed by atoms with E-state index < -0.39 is 0 Å². The lowest BCUT2D eigenvalue weighted by molar-refractivity contribution is 0.0965. The number of hydrogen-bond donors (Lipinski definition) is 1. The van der Waals surface area contributed by atoms with E-state index in [4.69, 9.17) is 14.5 Å². The van der Waals surface area contributed by atoms with Crippen LogP contribution < -0.4 is 20.3 Å². The average molecular weight is 429 g/mol. The van der Waals surface area contributed by atoms with Crippen molar-refractivity contribution in [2.45, 2.75) is 0 Å². The van der Waals surface area contributed by atoms with Crippen molar-refractivity contribution in [2.75, 3.05) is 43.6 Å².